The largest absolute Gasteiger partial charge is 0.462 e. The minimum Gasteiger partial charge on any atom is -0.462 e. The Kier molecular flexibility index (Phi) is 54.8. The second kappa shape index (κ2) is 57.0. The lowest BCUT2D eigenvalue weighted by molar-refractivity contribution is -0.167. The minimum atomic E-state index is -0.780. The van der Waals surface area contributed by atoms with Gasteiger partial charge in [0, 0.05) is 19.3 Å². The molecule has 1 atom stereocenters. The van der Waals surface area contributed by atoms with Crippen LogP contribution in [0.5, 0.6) is 0 Å². The summed E-state index contributed by atoms with van der Waals surface area (Å²) in [6.07, 6.45) is 69.5. The van der Waals surface area contributed by atoms with Gasteiger partial charge in [0.1, 0.15) is 13.2 Å². The third-order valence-electron chi connectivity index (χ3n) is 13.0. The van der Waals surface area contributed by atoms with Crippen LogP contribution in [0.2, 0.25) is 0 Å². The van der Waals surface area contributed by atoms with E-state index in [1.807, 2.05) is 0 Å². The van der Waals surface area contributed by atoms with Gasteiger partial charge in [-0.2, -0.15) is 0 Å². The molecular formula is C62H112O6. The maximum Gasteiger partial charge on any atom is 0.306 e. The maximum absolute atomic E-state index is 12.9. The standard InChI is InChI=1S/C62H112O6/c1-4-7-10-13-16-19-22-25-27-29-31-33-34-37-40-43-46-49-52-55-61(64)67-58-59(57-66-60(63)54-51-48-45-42-39-36-24-21-18-15-12-9-6-3)68-62(65)56-53-50-47-44-41-38-35-32-30-28-26-23-20-17-14-11-8-5-2/h16,19,21,24-25,27-28,30,59H,4-15,17-18,20,22-23,26,29,31-58H2,1-3H3/b19-16-,24-21-,27-25-,30-28-. The summed E-state index contributed by atoms with van der Waals surface area (Å²) in [6, 6.07) is 0. The van der Waals surface area contributed by atoms with Crippen molar-refractivity contribution in [2.75, 3.05) is 13.2 Å². The zero-order chi connectivity index (χ0) is 49.3. The second-order valence-electron chi connectivity index (χ2n) is 19.9. The summed E-state index contributed by atoms with van der Waals surface area (Å²) in [5.41, 5.74) is 0. The number of ether oxygens (including phenoxy) is 3. The Balaban J connectivity index is 4.35. The average molecular weight is 954 g/mol. The summed E-state index contributed by atoms with van der Waals surface area (Å²) in [7, 11) is 0. The van der Waals surface area contributed by atoms with E-state index in [1.165, 1.54) is 199 Å². The van der Waals surface area contributed by atoms with Crippen molar-refractivity contribution in [3.63, 3.8) is 0 Å². The SMILES string of the molecule is CCCCC/C=C\C/C=C\CCCCCCCCCCCC(=O)OCC(COC(=O)CCCCCCC/C=C\CCCCCC)OC(=O)CCCCCCCCC/C=C\CCCCCCCCC. The van der Waals surface area contributed by atoms with Gasteiger partial charge in [0.05, 0.1) is 0 Å². The van der Waals surface area contributed by atoms with Gasteiger partial charge < -0.3 is 14.2 Å². The predicted octanol–water partition coefficient (Wildman–Crippen LogP) is 19.8. The van der Waals surface area contributed by atoms with Gasteiger partial charge in [-0.15, -0.1) is 0 Å². The van der Waals surface area contributed by atoms with Crippen LogP contribution in [-0.2, 0) is 28.6 Å². The van der Waals surface area contributed by atoms with Gasteiger partial charge in [0.15, 0.2) is 6.10 Å². The van der Waals surface area contributed by atoms with Crippen LogP contribution in [0.25, 0.3) is 0 Å². The highest BCUT2D eigenvalue weighted by atomic mass is 16.6. The molecule has 0 fully saturated rings. The Labute approximate surface area is 422 Å². The van der Waals surface area contributed by atoms with Gasteiger partial charge in [0.2, 0.25) is 0 Å². The Bertz CT molecular complexity index is 1190. The third kappa shape index (κ3) is 54.3. The van der Waals surface area contributed by atoms with Crippen LogP contribution in [0.4, 0.5) is 0 Å². The smallest absolute Gasteiger partial charge is 0.306 e. The van der Waals surface area contributed by atoms with E-state index in [2.05, 4.69) is 69.4 Å². The molecule has 6 nitrogen and oxygen atoms in total. The average Bonchev–Trinajstić information content (AvgIpc) is 3.34. The molecule has 0 rings (SSSR count). The Morgan fingerprint density at radius 3 is 0.868 bits per heavy atom. The first-order valence-electron chi connectivity index (χ1n) is 29.6. The highest BCUT2D eigenvalue weighted by molar-refractivity contribution is 5.71. The van der Waals surface area contributed by atoms with Crippen LogP contribution >= 0.6 is 0 Å². The number of unbranched alkanes of at least 4 members (excludes halogenated alkanes) is 35. The lowest BCUT2D eigenvalue weighted by atomic mass is 10.1. The number of carbonyl (C=O) groups is 3. The minimum absolute atomic E-state index is 0.0781. The zero-order valence-corrected chi connectivity index (χ0v) is 45.4. The van der Waals surface area contributed by atoms with Crippen molar-refractivity contribution in [2.45, 2.75) is 316 Å². The van der Waals surface area contributed by atoms with Crippen LogP contribution in [0.15, 0.2) is 48.6 Å². The first-order chi connectivity index (χ1) is 33.5. The fraction of sp³-hybridized carbons (Fsp3) is 0.823. The van der Waals surface area contributed by atoms with Crippen LogP contribution in [-0.4, -0.2) is 37.2 Å². The lowest BCUT2D eigenvalue weighted by Crippen LogP contribution is -2.30. The Hall–Kier alpha value is -2.63. The molecule has 0 saturated carbocycles. The van der Waals surface area contributed by atoms with E-state index in [4.69, 9.17) is 14.2 Å². The molecule has 396 valence electrons. The van der Waals surface area contributed by atoms with E-state index in [1.54, 1.807) is 0 Å². The van der Waals surface area contributed by atoms with Gasteiger partial charge >= 0.3 is 17.9 Å². The summed E-state index contributed by atoms with van der Waals surface area (Å²) in [5, 5.41) is 0. The van der Waals surface area contributed by atoms with E-state index >= 15 is 0 Å². The van der Waals surface area contributed by atoms with Crippen molar-refractivity contribution in [3.8, 4) is 0 Å². The monoisotopic (exact) mass is 953 g/mol. The molecule has 0 aliphatic heterocycles. The van der Waals surface area contributed by atoms with E-state index in [9.17, 15) is 14.4 Å². The van der Waals surface area contributed by atoms with Crippen molar-refractivity contribution in [1.82, 2.24) is 0 Å². The number of hydrogen-bond acceptors (Lipinski definition) is 6. The normalized spacial score (nSPS) is 12.3. The number of rotatable bonds is 54. The summed E-state index contributed by atoms with van der Waals surface area (Å²) in [5.74, 6) is -0.881. The van der Waals surface area contributed by atoms with E-state index in [0.29, 0.717) is 19.3 Å². The molecule has 0 heterocycles. The molecule has 68 heavy (non-hydrogen) atoms. The quantitative estimate of drug-likeness (QED) is 0.0262. The Morgan fingerprint density at radius 1 is 0.294 bits per heavy atom. The molecule has 0 bridgehead atoms. The van der Waals surface area contributed by atoms with Gasteiger partial charge in [-0.1, -0.05) is 236 Å². The van der Waals surface area contributed by atoms with E-state index in [0.717, 1.165) is 70.6 Å². The summed E-state index contributed by atoms with van der Waals surface area (Å²) < 4.78 is 16.9. The van der Waals surface area contributed by atoms with E-state index in [-0.39, 0.29) is 31.1 Å². The van der Waals surface area contributed by atoms with Gasteiger partial charge in [-0.05, 0) is 103 Å². The highest BCUT2D eigenvalue weighted by Gasteiger charge is 2.19. The molecule has 6 heteroatoms. The van der Waals surface area contributed by atoms with Crippen molar-refractivity contribution >= 4 is 17.9 Å². The van der Waals surface area contributed by atoms with Crippen molar-refractivity contribution in [2.24, 2.45) is 0 Å². The molecular weight excluding hydrogens is 841 g/mol. The molecule has 0 N–H and O–H groups in total. The molecule has 0 aliphatic carbocycles. The molecule has 0 radical (unpaired) electrons. The summed E-state index contributed by atoms with van der Waals surface area (Å²) in [6.45, 7) is 6.62. The molecule has 1 unspecified atom stereocenters. The molecule has 0 aromatic heterocycles. The van der Waals surface area contributed by atoms with Crippen LogP contribution in [0.1, 0.15) is 310 Å². The van der Waals surface area contributed by atoms with E-state index < -0.39 is 6.10 Å². The van der Waals surface area contributed by atoms with Crippen LogP contribution < -0.4 is 0 Å². The predicted molar refractivity (Wildman–Crippen MR) is 293 cm³/mol. The van der Waals surface area contributed by atoms with Crippen LogP contribution in [0.3, 0.4) is 0 Å². The molecule has 0 saturated heterocycles. The molecule has 0 aromatic rings. The summed E-state index contributed by atoms with van der Waals surface area (Å²) in [4.78, 5) is 38.2. The number of hydrogen-bond donors (Lipinski definition) is 0. The lowest BCUT2D eigenvalue weighted by Gasteiger charge is -2.18. The third-order valence-corrected chi connectivity index (χ3v) is 13.0. The van der Waals surface area contributed by atoms with Gasteiger partial charge in [0.25, 0.3) is 0 Å². The molecule has 0 aromatic carbocycles. The topological polar surface area (TPSA) is 78.9 Å². The first kappa shape index (κ1) is 65.4. The first-order valence-corrected chi connectivity index (χ1v) is 29.6. The van der Waals surface area contributed by atoms with Gasteiger partial charge in [-0.25, -0.2) is 0 Å². The van der Waals surface area contributed by atoms with Gasteiger partial charge in [-0.3, -0.25) is 14.4 Å². The molecule has 0 aliphatic rings. The number of allylic oxidation sites excluding steroid dienone is 8. The van der Waals surface area contributed by atoms with Crippen molar-refractivity contribution in [1.29, 1.82) is 0 Å². The summed E-state index contributed by atoms with van der Waals surface area (Å²) >= 11 is 0. The fourth-order valence-electron chi connectivity index (χ4n) is 8.52. The zero-order valence-electron chi connectivity index (χ0n) is 45.4. The number of esters is 3. The van der Waals surface area contributed by atoms with Crippen LogP contribution in [0, 0.1) is 0 Å². The highest BCUT2D eigenvalue weighted by Crippen LogP contribution is 2.16. The Morgan fingerprint density at radius 2 is 0.529 bits per heavy atom. The molecule has 0 amide bonds. The van der Waals surface area contributed by atoms with Crippen molar-refractivity contribution in [3.05, 3.63) is 48.6 Å². The van der Waals surface area contributed by atoms with Crippen molar-refractivity contribution < 1.29 is 28.6 Å². The second-order valence-corrected chi connectivity index (χ2v) is 19.9. The number of carbonyl (C=O) groups excluding carboxylic acids is 3. The maximum atomic E-state index is 12.9. The molecule has 0 spiro atoms. The fourth-order valence-corrected chi connectivity index (χ4v) is 8.52.